The molecule has 0 spiro atoms. The highest BCUT2D eigenvalue weighted by Crippen LogP contribution is 2.27. The van der Waals surface area contributed by atoms with Crippen LogP contribution in [0.4, 0.5) is 10.5 Å². The number of hydrogen-bond donors (Lipinski definition) is 1. The summed E-state index contributed by atoms with van der Waals surface area (Å²) in [6, 6.07) is 16.2. The number of aromatic nitrogens is 4. The average molecular weight is 344 g/mol. The Morgan fingerprint density at radius 1 is 1.17 bits per heavy atom. The monoisotopic (exact) mass is 343 g/mol. The zero-order valence-corrected chi connectivity index (χ0v) is 13.3. The van der Waals surface area contributed by atoms with Gasteiger partial charge in [-0.2, -0.15) is 4.80 Å². The van der Waals surface area contributed by atoms with Crippen molar-refractivity contribution in [2.75, 3.05) is 5.32 Å². The number of nitrogens with one attached hydrogen (secondary N) is 1. The molecule has 0 aliphatic heterocycles. The van der Waals surface area contributed by atoms with E-state index in [1.54, 1.807) is 30.3 Å². The molecule has 1 heterocycles. The molecule has 1 aromatic heterocycles. The lowest BCUT2D eigenvalue weighted by molar-refractivity contribution is 0.0940. The zero-order valence-electron chi connectivity index (χ0n) is 12.5. The van der Waals surface area contributed by atoms with Gasteiger partial charge in [0.15, 0.2) is 12.4 Å². The molecule has 24 heavy (non-hydrogen) atoms. The summed E-state index contributed by atoms with van der Waals surface area (Å²) in [5.74, 6) is 0. The molecule has 0 saturated heterocycles. The predicted molar refractivity (Wildman–Crippen MR) is 88.6 cm³/mol. The molecule has 1 atom stereocenters. The quantitative estimate of drug-likeness (QED) is 0.768. The summed E-state index contributed by atoms with van der Waals surface area (Å²) in [6.45, 7) is 0.200. The zero-order chi connectivity index (χ0) is 16.8. The number of halogens is 1. The first kappa shape index (κ1) is 15.9. The summed E-state index contributed by atoms with van der Waals surface area (Å²) in [6.07, 6.45) is 0.0658. The summed E-state index contributed by atoms with van der Waals surface area (Å²) in [5, 5.41) is 14.6. The van der Waals surface area contributed by atoms with Gasteiger partial charge in [-0.3, -0.25) is 5.32 Å². The normalized spacial score (nSPS) is 11.7. The van der Waals surface area contributed by atoms with Crippen molar-refractivity contribution >= 4 is 23.4 Å². The average Bonchev–Trinajstić information content (AvgIpc) is 3.09. The fraction of sp³-hybridized carbons (Fsp3) is 0.125. The van der Waals surface area contributed by atoms with Crippen molar-refractivity contribution in [3.8, 4) is 0 Å². The molecule has 0 aliphatic rings. The van der Waals surface area contributed by atoms with Crippen molar-refractivity contribution < 1.29 is 9.53 Å². The minimum atomic E-state index is -0.656. The van der Waals surface area contributed by atoms with Crippen LogP contribution in [0.15, 0.2) is 60.9 Å². The molecular weight excluding hydrogens is 330 g/mol. The van der Waals surface area contributed by atoms with Gasteiger partial charge in [0, 0.05) is 16.3 Å². The first-order valence-electron chi connectivity index (χ1n) is 7.20. The minimum absolute atomic E-state index is 0.200. The van der Waals surface area contributed by atoms with Crippen molar-refractivity contribution in [2.24, 2.45) is 0 Å². The van der Waals surface area contributed by atoms with Gasteiger partial charge in [-0.15, -0.1) is 10.2 Å². The number of rotatable bonds is 5. The fourth-order valence-electron chi connectivity index (χ4n) is 2.15. The van der Waals surface area contributed by atoms with E-state index in [9.17, 15) is 4.79 Å². The van der Waals surface area contributed by atoms with E-state index in [-0.39, 0.29) is 6.54 Å². The van der Waals surface area contributed by atoms with E-state index in [2.05, 4.69) is 20.7 Å². The first-order chi connectivity index (χ1) is 11.7. The fourth-order valence-corrected chi connectivity index (χ4v) is 2.41. The Hall–Kier alpha value is -2.93. The predicted octanol–water partition coefficient (Wildman–Crippen LogP) is 3.32. The molecule has 0 aliphatic carbocycles. The second-order valence-corrected chi connectivity index (χ2v) is 5.30. The van der Waals surface area contributed by atoms with E-state index >= 15 is 0 Å². The number of para-hydroxylation sites is 1. The lowest BCUT2D eigenvalue weighted by atomic mass is 10.1. The van der Waals surface area contributed by atoms with Gasteiger partial charge in [0.25, 0.3) is 0 Å². The topological polar surface area (TPSA) is 81.9 Å². The highest BCUT2D eigenvalue weighted by molar-refractivity contribution is 6.31. The summed E-state index contributed by atoms with van der Waals surface area (Å²) in [7, 11) is 0. The molecule has 8 heteroatoms. The molecule has 0 radical (unpaired) electrons. The third-order valence-corrected chi connectivity index (χ3v) is 3.59. The van der Waals surface area contributed by atoms with Gasteiger partial charge < -0.3 is 4.74 Å². The number of hydrogen-bond acceptors (Lipinski definition) is 5. The number of carbonyl (C=O) groups is 1. The molecule has 1 unspecified atom stereocenters. The molecule has 1 amide bonds. The van der Waals surface area contributed by atoms with Crippen LogP contribution in [0, 0.1) is 0 Å². The Bertz CT molecular complexity index is 795. The Morgan fingerprint density at radius 3 is 2.62 bits per heavy atom. The van der Waals surface area contributed by atoms with E-state index in [0.717, 1.165) is 0 Å². The number of carbonyl (C=O) groups excluding carboxylic acids is 1. The molecule has 3 aromatic rings. The van der Waals surface area contributed by atoms with Crippen molar-refractivity contribution in [1.29, 1.82) is 0 Å². The Morgan fingerprint density at radius 2 is 1.92 bits per heavy atom. The maximum Gasteiger partial charge on any atom is 0.412 e. The SMILES string of the molecule is O=C(Nc1ccccc1)OC(Cn1ncnn1)c1ccccc1Cl. The second kappa shape index (κ2) is 7.56. The highest BCUT2D eigenvalue weighted by atomic mass is 35.5. The summed E-state index contributed by atoms with van der Waals surface area (Å²) < 4.78 is 5.53. The van der Waals surface area contributed by atoms with Crippen molar-refractivity contribution in [2.45, 2.75) is 12.6 Å². The molecule has 1 N–H and O–H groups in total. The molecule has 7 nitrogen and oxygen atoms in total. The van der Waals surface area contributed by atoms with E-state index < -0.39 is 12.2 Å². The number of benzene rings is 2. The maximum atomic E-state index is 12.2. The number of amides is 1. The standard InChI is InChI=1S/C16H14ClN5O2/c17-14-9-5-4-8-13(14)15(10-22-19-11-18-21-22)24-16(23)20-12-6-2-1-3-7-12/h1-9,11,15H,10H2,(H,20,23). The summed E-state index contributed by atoms with van der Waals surface area (Å²) >= 11 is 6.23. The van der Waals surface area contributed by atoms with Gasteiger partial charge >= 0.3 is 6.09 Å². The van der Waals surface area contributed by atoms with Crippen LogP contribution < -0.4 is 5.32 Å². The van der Waals surface area contributed by atoms with Gasteiger partial charge in [-0.25, -0.2) is 4.79 Å². The number of anilines is 1. The van der Waals surface area contributed by atoms with Crippen LogP contribution in [0.25, 0.3) is 0 Å². The third-order valence-electron chi connectivity index (χ3n) is 3.24. The first-order valence-corrected chi connectivity index (χ1v) is 7.58. The number of nitrogens with zero attached hydrogens (tertiary/aromatic N) is 4. The van der Waals surface area contributed by atoms with Gasteiger partial charge in [-0.05, 0) is 23.4 Å². The Labute approximate surface area is 143 Å². The Balaban J connectivity index is 1.77. The molecule has 122 valence electrons. The maximum absolute atomic E-state index is 12.2. The summed E-state index contributed by atoms with van der Waals surface area (Å²) in [4.78, 5) is 13.5. The largest absolute Gasteiger partial charge is 0.439 e. The second-order valence-electron chi connectivity index (χ2n) is 4.90. The van der Waals surface area contributed by atoms with Crippen molar-refractivity contribution in [3.05, 3.63) is 71.5 Å². The molecule has 2 aromatic carbocycles. The van der Waals surface area contributed by atoms with E-state index in [1.165, 1.54) is 11.1 Å². The van der Waals surface area contributed by atoms with Crippen LogP contribution in [-0.2, 0) is 11.3 Å². The lowest BCUT2D eigenvalue weighted by Gasteiger charge is -2.19. The summed E-state index contributed by atoms with van der Waals surface area (Å²) in [5.41, 5.74) is 1.30. The lowest BCUT2D eigenvalue weighted by Crippen LogP contribution is -2.22. The third kappa shape index (κ3) is 4.08. The molecule has 0 bridgehead atoms. The molecule has 3 rings (SSSR count). The highest BCUT2D eigenvalue weighted by Gasteiger charge is 2.21. The van der Waals surface area contributed by atoms with E-state index in [4.69, 9.17) is 16.3 Å². The van der Waals surface area contributed by atoms with Crippen LogP contribution >= 0.6 is 11.6 Å². The minimum Gasteiger partial charge on any atom is -0.439 e. The van der Waals surface area contributed by atoms with Crippen LogP contribution in [0.2, 0.25) is 5.02 Å². The van der Waals surface area contributed by atoms with Crippen LogP contribution in [-0.4, -0.2) is 26.3 Å². The van der Waals surface area contributed by atoms with Gasteiger partial charge in [0.05, 0.1) is 0 Å². The number of tetrazole rings is 1. The van der Waals surface area contributed by atoms with Crippen LogP contribution in [0.1, 0.15) is 11.7 Å². The number of ether oxygens (including phenoxy) is 1. The van der Waals surface area contributed by atoms with Gasteiger partial charge in [0.1, 0.15) is 6.54 Å². The Kier molecular flexibility index (Phi) is 5.02. The van der Waals surface area contributed by atoms with Crippen molar-refractivity contribution in [1.82, 2.24) is 20.2 Å². The van der Waals surface area contributed by atoms with Gasteiger partial charge in [0.2, 0.25) is 0 Å². The smallest absolute Gasteiger partial charge is 0.412 e. The van der Waals surface area contributed by atoms with Crippen LogP contribution in [0.3, 0.4) is 0 Å². The molecule has 0 fully saturated rings. The van der Waals surface area contributed by atoms with E-state index in [0.29, 0.717) is 16.3 Å². The van der Waals surface area contributed by atoms with Gasteiger partial charge in [-0.1, -0.05) is 48.0 Å². The van der Waals surface area contributed by atoms with E-state index in [1.807, 2.05) is 24.3 Å². The molecule has 0 saturated carbocycles. The van der Waals surface area contributed by atoms with Crippen molar-refractivity contribution in [3.63, 3.8) is 0 Å². The molecular formula is C16H14ClN5O2. The van der Waals surface area contributed by atoms with Crippen LogP contribution in [0.5, 0.6) is 0 Å².